The maximum absolute atomic E-state index is 8.93. The first-order valence-electron chi connectivity index (χ1n) is 6.27. The summed E-state index contributed by atoms with van der Waals surface area (Å²) in [5.41, 5.74) is 2.79. The Morgan fingerprint density at radius 3 is 2.00 bits per heavy atom. The summed E-state index contributed by atoms with van der Waals surface area (Å²) in [6.45, 7) is 6.72. The lowest BCUT2D eigenvalue weighted by Crippen LogP contribution is -1.79. The van der Waals surface area contributed by atoms with E-state index in [-0.39, 0.29) is 0 Å². The smallest absolute Gasteiger partial charge is 0.0997 e. The highest BCUT2D eigenvalue weighted by atomic mass is 14.2. The van der Waals surface area contributed by atoms with Crippen molar-refractivity contribution >= 4 is 12.2 Å². The van der Waals surface area contributed by atoms with E-state index in [0.717, 1.165) is 11.1 Å². The zero-order chi connectivity index (χ0) is 14.6. The van der Waals surface area contributed by atoms with Crippen LogP contribution in [0.5, 0.6) is 0 Å². The van der Waals surface area contributed by atoms with Crippen molar-refractivity contribution in [2.75, 3.05) is 0 Å². The Hall–Kier alpha value is -2.85. The number of hydrogen-bond donors (Lipinski definition) is 0. The minimum absolute atomic E-state index is 0.703. The molecule has 98 valence electrons. The summed E-state index contributed by atoms with van der Waals surface area (Å²) in [4.78, 5) is 0. The fourth-order valence-corrected chi connectivity index (χ4v) is 1.49. The van der Waals surface area contributed by atoms with E-state index in [9.17, 15) is 0 Å². The molecule has 0 radical (unpaired) electrons. The summed E-state index contributed by atoms with van der Waals surface area (Å²) in [7, 11) is 0. The molecule has 0 amide bonds. The number of nitriles is 1. The van der Waals surface area contributed by atoms with Crippen LogP contribution in [-0.2, 0) is 0 Å². The number of nitrogens with zero attached hydrogens (tertiary/aromatic N) is 1. The van der Waals surface area contributed by atoms with Crippen LogP contribution < -0.4 is 0 Å². The molecule has 1 heteroatoms. The van der Waals surface area contributed by atoms with Crippen molar-refractivity contribution in [2.24, 2.45) is 0 Å². The quantitative estimate of drug-likeness (QED) is 0.556. The third-order valence-electron chi connectivity index (χ3n) is 2.50. The molecule has 0 fully saturated rings. The van der Waals surface area contributed by atoms with Gasteiger partial charge in [-0.15, -0.1) is 0 Å². The molecule has 0 bridgehead atoms. The van der Waals surface area contributed by atoms with Gasteiger partial charge in [0.15, 0.2) is 0 Å². The number of benzene rings is 2. The highest BCUT2D eigenvalue weighted by Gasteiger charge is 1.95. The van der Waals surface area contributed by atoms with Crippen LogP contribution in [0, 0.1) is 11.3 Å². The van der Waals surface area contributed by atoms with Crippen LogP contribution in [0.25, 0.3) is 12.2 Å². The first kappa shape index (κ1) is 15.2. The molecule has 0 heterocycles. The van der Waals surface area contributed by atoms with Gasteiger partial charge < -0.3 is 0 Å². The van der Waals surface area contributed by atoms with E-state index in [1.54, 1.807) is 12.2 Å². The second kappa shape index (κ2) is 9.13. The van der Waals surface area contributed by atoms with Gasteiger partial charge in [-0.1, -0.05) is 86.0 Å². The van der Waals surface area contributed by atoms with Crippen molar-refractivity contribution in [3.05, 3.63) is 96.6 Å². The molecule has 0 aliphatic heterocycles. The molecule has 2 rings (SSSR count). The molecule has 0 N–H and O–H groups in total. The van der Waals surface area contributed by atoms with Gasteiger partial charge in [-0.3, -0.25) is 0 Å². The van der Waals surface area contributed by atoms with E-state index in [1.165, 1.54) is 0 Å². The minimum atomic E-state index is 0.703. The summed E-state index contributed by atoms with van der Waals surface area (Å²) in [6.07, 6.45) is 7.25. The van der Waals surface area contributed by atoms with Gasteiger partial charge in [-0.2, -0.15) is 5.26 Å². The molecule has 2 aromatic carbocycles. The van der Waals surface area contributed by atoms with Crippen molar-refractivity contribution in [2.45, 2.75) is 0 Å². The molecule has 0 saturated heterocycles. The maximum Gasteiger partial charge on any atom is 0.0997 e. The molecule has 0 spiro atoms. The first-order chi connectivity index (χ1) is 9.81. The van der Waals surface area contributed by atoms with E-state index in [1.807, 2.05) is 66.7 Å². The van der Waals surface area contributed by atoms with Gasteiger partial charge in [0, 0.05) is 0 Å². The van der Waals surface area contributed by atoms with E-state index in [4.69, 9.17) is 5.26 Å². The van der Waals surface area contributed by atoms with Crippen LogP contribution in [-0.4, -0.2) is 0 Å². The zero-order valence-corrected chi connectivity index (χ0v) is 11.4. The average molecular weight is 259 g/mol. The highest BCUT2D eigenvalue weighted by molar-refractivity contribution is 5.72. The number of allylic oxidation sites excluding steroid dienone is 2. The van der Waals surface area contributed by atoms with Gasteiger partial charge in [0.25, 0.3) is 0 Å². The molecule has 0 atom stereocenters. The summed E-state index contributed by atoms with van der Waals surface area (Å²) in [5, 5.41) is 8.93. The Bertz CT molecular complexity index is 610. The van der Waals surface area contributed by atoms with Crippen LogP contribution in [0.1, 0.15) is 16.7 Å². The molecule has 0 aliphatic rings. The summed E-state index contributed by atoms with van der Waals surface area (Å²) >= 11 is 0. The largest absolute Gasteiger partial charge is 0.192 e. The highest BCUT2D eigenvalue weighted by Crippen LogP contribution is 2.12. The van der Waals surface area contributed by atoms with Crippen molar-refractivity contribution in [1.82, 2.24) is 0 Å². The Balaban J connectivity index is 0.000000444. The summed E-state index contributed by atoms with van der Waals surface area (Å²) in [6, 6.07) is 19.8. The lowest BCUT2D eigenvalue weighted by Gasteiger charge is -1.96. The van der Waals surface area contributed by atoms with E-state index < -0.39 is 0 Å². The third-order valence-corrected chi connectivity index (χ3v) is 2.50. The Morgan fingerprint density at radius 1 is 0.800 bits per heavy atom. The minimum Gasteiger partial charge on any atom is -0.192 e. The molecular formula is C19H17N. The first-order valence-corrected chi connectivity index (χ1v) is 6.27. The Kier molecular flexibility index (Phi) is 6.94. The van der Waals surface area contributed by atoms with Crippen molar-refractivity contribution in [3.63, 3.8) is 0 Å². The maximum atomic E-state index is 8.93. The molecule has 0 saturated carbocycles. The topological polar surface area (TPSA) is 23.8 Å². The molecule has 1 nitrogen and oxygen atoms in total. The van der Waals surface area contributed by atoms with Crippen molar-refractivity contribution < 1.29 is 0 Å². The summed E-state index contributed by atoms with van der Waals surface area (Å²) in [5.74, 6) is 0. The fraction of sp³-hybridized carbons (Fsp3) is 0. The molecule has 0 aliphatic carbocycles. The van der Waals surface area contributed by atoms with Gasteiger partial charge in [-0.25, -0.2) is 0 Å². The molecule has 0 aromatic heterocycles. The molecule has 20 heavy (non-hydrogen) atoms. The molecular weight excluding hydrogens is 242 g/mol. The van der Waals surface area contributed by atoms with Gasteiger partial charge in [0.2, 0.25) is 0 Å². The van der Waals surface area contributed by atoms with Gasteiger partial charge >= 0.3 is 0 Å². The monoisotopic (exact) mass is 259 g/mol. The van der Waals surface area contributed by atoms with Crippen LogP contribution >= 0.6 is 0 Å². The Morgan fingerprint density at radius 2 is 1.40 bits per heavy atom. The molecule has 2 aromatic rings. The van der Waals surface area contributed by atoms with Crippen molar-refractivity contribution in [1.29, 1.82) is 5.26 Å². The third kappa shape index (κ3) is 5.20. The van der Waals surface area contributed by atoms with E-state index in [0.29, 0.717) is 5.56 Å². The number of hydrogen-bond acceptors (Lipinski definition) is 1. The van der Waals surface area contributed by atoms with Crippen LogP contribution in [0.3, 0.4) is 0 Å². The lowest BCUT2D eigenvalue weighted by molar-refractivity contribution is 1.47. The Labute approximate surface area is 120 Å². The van der Waals surface area contributed by atoms with E-state index >= 15 is 0 Å². The second-order valence-corrected chi connectivity index (χ2v) is 3.91. The SMILES string of the molecule is C=CC=C.N#Cc1ccccc1C=Cc1ccccc1. The van der Waals surface area contributed by atoms with Gasteiger partial charge in [-0.05, 0) is 17.2 Å². The van der Waals surface area contributed by atoms with E-state index in [2.05, 4.69) is 19.2 Å². The van der Waals surface area contributed by atoms with Crippen molar-refractivity contribution in [3.8, 4) is 6.07 Å². The normalized spacial score (nSPS) is 9.15. The van der Waals surface area contributed by atoms with Gasteiger partial charge in [0.05, 0.1) is 11.6 Å². The van der Waals surface area contributed by atoms with Gasteiger partial charge in [0.1, 0.15) is 0 Å². The molecule has 0 unspecified atom stereocenters. The predicted octanol–water partition coefficient (Wildman–Crippen LogP) is 5.09. The zero-order valence-electron chi connectivity index (χ0n) is 11.4. The van der Waals surface area contributed by atoms with Crippen LogP contribution in [0.4, 0.5) is 0 Å². The fourth-order valence-electron chi connectivity index (χ4n) is 1.49. The predicted molar refractivity (Wildman–Crippen MR) is 86.9 cm³/mol. The standard InChI is InChI=1S/C15H11N.C4H6/c16-12-15-9-5-4-8-14(15)11-10-13-6-2-1-3-7-13;1-3-4-2/h1-11H;3-4H,1-2H2. The lowest BCUT2D eigenvalue weighted by atomic mass is 10.1. The van der Waals surface area contributed by atoms with Crippen LogP contribution in [0.2, 0.25) is 0 Å². The average Bonchev–Trinajstić information content (AvgIpc) is 2.54. The summed E-state index contributed by atoms with van der Waals surface area (Å²) < 4.78 is 0. The number of rotatable bonds is 3. The van der Waals surface area contributed by atoms with Crippen LogP contribution in [0.15, 0.2) is 79.9 Å². The second-order valence-electron chi connectivity index (χ2n) is 3.91.